The Bertz CT molecular complexity index is 1540. The van der Waals surface area contributed by atoms with Gasteiger partial charge in [-0.2, -0.15) is 5.10 Å². The van der Waals surface area contributed by atoms with Crippen molar-refractivity contribution in [2.24, 2.45) is 0 Å². The highest BCUT2D eigenvalue weighted by molar-refractivity contribution is 7.13. The fourth-order valence-corrected chi connectivity index (χ4v) is 4.73. The molecule has 0 aliphatic carbocycles. The second-order valence-corrected chi connectivity index (χ2v) is 9.24. The normalized spacial score (nSPS) is 10.9. The molecule has 0 saturated heterocycles. The number of rotatable bonds is 6. The maximum Gasteiger partial charge on any atom is 0.291 e. The van der Waals surface area contributed by atoms with Crippen LogP contribution in [0, 0.1) is 6.92 Å². The highest BCUT2D eigenvalue weighted by Crippen LogP contribution is 2.38. The number of aryl methyl sites for hydroxylation is 2. The topological polar surface area (TPSA) is 72.7 Å². The van der Waals surface area contributed by atoms with E-state index in [1.54, 1.807) is 12.4 Å². The lowest BCUT2D eigenvalue weighted by Gasteiger charge is -2.17. The molecule has 2 aromatic carbocycles. The first kappa shape index (κ1) is 23.0. The van der Waals surface area contributed by atoms with Crippen molar-refractivity contribution in [3.05, 3.63) is 99.4 Å². The van der Waals surface area contributed by atoms with Crippen LogP contribution in [0.25, 0.3) is 33.1 Å². The smallest absolute Gasteiger partial charge is 0.291 e. The minimum Gasteiger partial charge on any atom is -0.349 e. The monoisotopic (exact) mass is 499 g/mol. The molecule has 8 heteroatoms. The van der Waals surface area contributed by atoms with Gasteiger partial charge in [0.1, 0.15) is 16.4 Å². The second kappa shape index (κ2) is 9.82. The molecule has 35 heavy (non-hydrogen) atoms. The number of hydrogen-bond donors (Lipinski definition) is 1. The third-order valence-electron chi connectivity index (χ3n) is 5.65. The summed E-state index contributed by atoms with van der Waals surface area (Å²) < 4.78 is 1.48. The summed E-state index contributed by atoms with van der Waals surface area (Å²) in [4.78, 5) is 22.7. The van der Waals surface area contributed by atoms with E-state index in [1.807, 2.05) is 79.9 Å². The zero-order chi connectivity index (χ0) is 24.4. The van der Waals surface area contributed by atoms with Gasteiger partial charge in [0.05, 0.1) is 23.1 Å². The maximum atomic E-state index is 13.6. The van der Waals surface area contributed by atoms with Crippen LogP contribution < -0.4 is 10.9 Å². The fourth-order valence-electron chi connectivity index (χ4n) is 3.79. The number of nitrogens with one attached hydrogen (secondary N) is 1. The van der Waals surface area contributed by atoms with Crippen LogP contribution >= 0.6 is 22.9 Å². The molecule has 0 spiro atoms. The molecule has 0 saturated carbocycles. The van der Waals surface area contributed by atoms with Crippen molar-refractivity contribution in [2.75, 3.05) is 5.32 Å². The Morgan fingerprint density at radius 3 is 2.51 bits per heavy atom. The average Bonchev–Trinajstić information content (AvgIpc) is 3.37. The Balaban J connectivity index is 1.76. The molecule has 6 nitrogen and oxygen atoms in total. The summed E-state index contributed by atoms with van der Waals surface area (Å²) in [6, 6.07) is 19.3. The van der Waals surface area contributed by atoms with E-state index in [1.165, 1.54) is 16.0 Å². The first-order valence-electron chi connectivity index (χ1n) is 11.1. The van der Waals surface area contributed by atoms with Crippen molar-refractivity contribution >= 4 is 34.3 Å². The molecule has 1 N–H and O–H groups in total. The molecular weight excluding hydrogens is 478 g/mol. The standard InChI is InChI=1S/C27H22ClN5OS/c1-3-33-27(34)25(30-21-15-29-14-13-17(21)2)23(24(32-33)18-7-5-4-6-8-18)22-16-35-26(31-22)19-9-11-20(28)12-10-19/h4-16,30H,3H2,1-2H3. The molecule has 3 heterocycles. The number of benzene rings is 2. The zero-order valence-electron chi connectivity index (χ0n) is 19.2. The first-order valence-corrected chi connectivity index (χ1v) is 12.4. The highest BCUT2D eigenvalue weighted by atomic mass is 35.5. The SMILES string of the molecule is CCn1nc(-c2ccccc2)c(-c2csc(-c3ccc(Cl)cc3)n2)c(Nc2cnccc2C)c1=O. The summed E-state index contributed by atoms with van der Waals surface area (Å²) in [5, 5.41) is 11.6. The van der Waals surface area contributed by atoms with Gasteiger partial charge in [-0.1, -0.05) is 54.1 Å². The van der Waals surface area contributed by atoms with Gasteiger partial charge in [0.25, 0.3) is 5.56 Å². The Morgan fingerprint density at radius 2 is 1.80 bits per heavy atom. The van der Waals surface area contributed by atoms with Gasteiger partial charge in [0, 0.05) is 34.3 Å². The Morgan fingerprint density at radius 1 is 1.03 bits per heavy atom. The maximum absolute atomic E-state index is 13.6. The average molecular weight is 500 g/mol. The van der Waals surface area contributed by atoms with Crippen LogP contribution in [0.4, 0.5) is 11.4 Å². The molecule has 0 radical (unpaired) electrons. The summed E-state index contributed by atoms with van der Waals surface area (Å²) in [6.07, 6.45) is 3.45. The van der Waals surface area contributed by atoms with Crippen molar-refractivity contribution in [3.63, 3.8) is 0 Å². The lowest BCUT2D eigenvalue weighted by Crippen LogP contribution is -2.26. The number of anilines is 2. The molecule has 0 aliphatic heterocycles. The number of hydrogen-bond acceptors (Lipinski definition) is 6. The van der Waals surface area contributed by atoms with Crippen LogP contribution in [-0.4, -0.2) is 19.7 Å². The van der Waals surface area contributed by atoms with Crippen LogP contribution in [0.1, 0.15) is 12.5 Å². The largest absolute Gasteiger partial charge is 0.349 e. The van der Waals surface area contributed by atoms with E-state index < -0.39 is 0 Å². The van der Waals surface area contributed by atoms with Gasteiger partial charge in [0.2, 0.25) is 0 Å². The van der Waals surface area contributed by atoms with E-state index in [0.29, 0.717) is 34.2 Å². The first-order chi connectivity index (χ1) is 17.0. The van der Waals surface area contributed by atoms with E-state index >= 15 is 0 Å². The molecule has 174 valence electrons. The predicted octanol–water partition coefficient (Wildman–Crippen LogP) is 6.82. The summed E-state index contributed by atoms with van der Waals surface area (Å²) in [5.41, 5.74) is 5.82. The molecular formula is C27H22ClN5OS. The molecule has 3 aromatic heterocycles. The summed E-state index contributed by atoms with van der Waals surface area (Å²) in [5.74, 6) is 0. The Hall–Kier alpha value is -3.81. The minimum atomic E-state index is -0.216. The predicted molar refractivity (Wildman–Crippen MR) is 143 cm³/mol. The molecule has 5 aromatic rings. The van der Waals surface area contributed by atoms with Gasteiger partial charge < -0.3 is 5.32 Å². The van der Waals surface area contributed by atoms with Crippen LogP contribution in [0.2, 0.25) is 5.02 Å². The number of pyridine rings is 1. The Kier molecular flexibility index (Phi) is 6.44. The van der Waals surface area contributed by atoms with Crippen LogP contribution in [0.3, 0.4) is 0 Å². The minimum absolute atomic E-state index is 0.216. The van der Waals surface area contributed by atoms with E-state index in [0.717, 1.165) is 27.4 Å². The van der Waals surface area contributed by atoms with Gasteiger partial charge in [-0.25, -0.2) is 9.67 Å². The van der Waals surface area contributed by atoms with Crippen molar-refractivity contribution in [1.29, 1.82) is 0 Å². The van der Waals surface area contributed by atoms with E-state index in [9.17, 15) is 4.79 Å². The van der Waals surface area contributed by atoms with Gasteiger partial charge in [-0.05, 0) is 37.6 Å². The van der Waals surface area contributed by atoms with E-state index in [-0.39, 0.29) is 5.56 Å². The number of aromatic nitrogens is 4. The molecule has 0 unspecified atom stereocenters. The number of halogens is 1. The van der Waals surface area contributed by atoms with Crippen molar-refractivity contribution in [3.8, 4) is 33.1 Å². The molecule has 0 atom stereocenters. The molecule has 0 aliphatic rings. The van der Waals surface area contributed by atoms with E-state index in [4.69, 9.17) is 21.7 Å². The third-order valence-corrected chi connectivity index (χ3v) is 6.80. The molecule has 0 bridgehead atoms. The summed E-state index contributed by atoms with van der Waals surface area (Å²) >= 11 is 7.58. The Labute approximate surface area is 211 Å². The molecule has 5 rings (SSSR count). The van der Waals surface area contributed by atoms with Crippen LogP contribution in [0.15, 0.2) is 83.2 Å². The molecule has 0 fully saturated rings. The summed E-state index contributed by atoms with van der Waals surface area (Å²) in [7, 11) is 0. The van der Waals surface area contributed by atoms with Crippen molar-refractivity contribution in [1.82, 2.24) is 19.7 Å². The summed E-state index contributed by atoms with van der Waals surface area (Å²) in [6.45, 7) is 4.32. The van der Waals surface area contributed by atoms with Gasteiger partial charge in [-0.3, -0.25) is 9.78 Å². The van der Waals surface area contributed by atoms with Crippen molar-refractivity contribution in [2.45, 2.75) is 20.4 Å². The van der Waals surface area contributed by atoms with Gasteiger partial charge >= 0.3 is 0 Å². The quantitative estimate of drug-likeness (QED) is 0.277. The zero-order valence-corrected chi connectivity index (χ0v) is 20.8. The second-order valence-electron chi connectivity index (χ2n) is 7.95. The fraction of sp³-hybridized carbons (Fsp3) is 0.111. The lowest BCUT2D eigenvalue weighted by atomic mass is 10.0. The van der Waals surface area contributed by atoms with Crippen molar-refractivity contribution < 1.29 is 0 Å². The van der Waals surface area contributed by atoms with E-state index in [2.05, 4.69) is 10.3 Å². The third kappa shape index (κ3) is 4.60. The highest BCUT2D eigenvalue weighted by Gasteiger charge is 2.23. The number of thiazole rings is 1. The van der Waals surface area contributed by atoms with Crippen LogP contribution in [0.5, 0.6) is 0 Å². The van der Waals surface area contributed by atoms with Gasteiger partial charge in [0.15, 0.2) is 0 Å². The number of nitrogens with zero attached hydrogens (tertiary/aromatic N) is 4. The van der Waals surface area contributed by atoms with Gasteiger partial charge in [-0.15, -0.1) is 11.3 Å². The lowest BCUT2D eigenvalue weighted by molar-refractivity contribution is 0.621. The molecule has 0 amide bonds. The van der Waals surface area contributed by atoms with Crippen LogP contribution in [-0.2, 0) is 6.54 Å².